The summed E-state index contributed by atoms with van der Waals surface area (Å²) in [4.78, 5) is 23.2. The lowest BCUT2D eigenvalue weighted by molar-refractivity contribution is -0.139. The maximum atomic E-state index is 12.5. The van der Waals surface area contributed by atoms with Crippen molar-refractivity contribution in [2.24, 2.45) is 0 Å². The second-order valence-corrected chi connectivity index (χ2v) is 5.73. The average Bonchev–Trinajstić information content (AvgIpc) is 2.70. The van der Waals surface area contributed by atoms with Crippen molar-refractivity contribution in [3.05, 3.63) is 46.6 Å². The van der Waals surface area contributed by atoms with Crippen LogP contribution in [0, 0.1) is 0 Å². The maximum Gasteiger partial charge on any atom is 0.341 e. The van der Waals surface area contributed by atoms with Gasteiger partial charge in [-0.3, -0.25) is 4.79 Å². The summed E-state index contributed by atoms with van der Waals surface area (Å²) in [5, 5.41) is 9.08. The van der Waals surface area contributed by atoms with Gasteiger partial charge in [0.2, 0.25) is 5.75 Å². The van der Waals surface area contributed by atoms with E-state index in [4.69, 9.17) is 28.5 Å². The Hall–Kier alpha value is -3.68. The highest BCUT2D eigenvalue weighted by Gasteiger charge is 2.16. The van der Waals surface area contributed by atoms with Crippen LogP contribution in [-0.2, 0) is 4.79 Å². The second-order valence-electron chi connectivity index (χ2n) is 5.73. The largest absolute Gasteiger partial charge is 0.493 e. The number of methoxy groups -OCH3 is 3. The Morgan fingerprint density at radius 1 is 1.00 bits per heavy atom. The van der Waals surface area contributed by atoms with Crippen LogP contribution in [0.4, 0.5) is 0 Å². The normalized spacial score (nSPS) is 10.5. The Labute approximate surface area is 159 Å². The van der Waals surface area contributed by atoms with E-state index in [0.29, 0.717) is 28.2 Å². The fraction of sp³-hybridized carbons (Fsp3) is 0.200. The summed E-state index contributed by atoms with van der Waals surface area (Å²) < 4.78 is 27.0. The minimum Gasteiger partial charge on any atom is -0.493 e. The second kappa shape index (κ2) is 7.91. The molecule has 0 unspecified atom stereocenters. The van der Waals surface area contributed by atoms with E-state index in [9.17, 15) is 9.59 Å². The fourth-order valence-electron chi connectivity index (χ4n) is 2.74. The molecule has 0 aliphatic carbocycles. The molecule has 0 radical (unpaired) electrons. The van der Waals surface area contributed by atoms with Crippen LogP contribution >= 0.6 is 0 Å². The van der Waals surface area contributed by atoms with Crippen molar-refractivity contribution in [2.45, 2.75) is 0 Å². The first kappa shape index (κ1) is 19.1. The highest BCUT2D eigenvalue weighted by molar-refractivity contribution is 5.81. The maximum absolute atomic E-state index is 12.5. The van der Waals surface area contributed by atoms with Crippen molar-refractivity contribution in [1.29, 1.82) is 0 Å². The zero-order chi connectivity index (χ0) is 20.3. The summed E-state index contributed by atoms with van der Waals surface area (Å²) in [7, 11) is 4.47. The summed E-state index contributed by atoms with van der Waals surface area (Å²) in [6.45, 7) is -0.498. The average molecular weight is 386 g/mol. The molecule has 8 heteroatoms. The summed E-state index contributed by atoms with van der Waals surface area (Å²) in [5.74, 6) is 0.706. The SMILES string of the molecule is COc1cc(-c2cc(=O)c3ccc(OCC(=O)O)cc3o2)cc(OC)c1OC. The van der Waals surface area contributed by atoms with Gasteiger partial charge in [0.05, 0.1) is 26.7 Å². The van der Waals surface area contributed by atoms with Gasteiger partial charge in [-0.1, -0.05) is 0 Å². The number of fused-ring (bicyclic) bond motifs is 1. The Morgan fingerprint density at radius 3 is 2.25 bits per heavy atom. The van der Waals surface area contributed by atoms with E-state index in [1.165, 1.54) is 45.6 Å². The predicted molar refractivity (Wildman–Crippen MR) is 101 cm³/mol. The molecule has 28 heavy (non-hydrogen) atoms. The van der Waals surface area contributed by atoms with Crippen LogP contribution in [0.1, 0.15) is 0 Å². The van der Waals surface area contributed by atoms with Gasteiger partial charge >= 0.3 is 5.97 Å². The van der Waals surface area contributed by atoms with E-state index in [1.54, 1.807) is 12.1 Å². The molecule has 0 amide bonds. The number of aliphatic carboxylic acids is 1. The minimum atomic E-state index is -1.10. The van der Waals surface area contributed by atoms with Crippen LogP contribution in [0.15, 0.2) is 45.6 Å². The number of ether oxygens (including phenoxy) is 4. The van der Waals surface area contributed by atoms with Gasteiger partial charge in [0.25, 0.3) is 0 Å². The van der Waals surface area contributed by atoms with Gasteiger partial charge in [0.1, 0.15) is 17.1 Å². The Kier molecular flexibility index (Phi) is 5.39. The number of benzene rings is 2. The molecule has 3 aromatic rings. The smallest absolute Gasteiger partial charge is 0.341 e. The quantitative estimate of drug-likeness (QED) is 0.661. The van der Waals surface area contributed by atoms with Gasteiger partial charge in [0.15, 0.2) is 23.5 Å². The van der Waals surface area contributed by atoms with Crippen molar-refractivity contribution in [3.8, 4) is 34.3 Å². The first-order valence-corrected chi connectivity index (χ1v) is 8.19. The van der Waals surface area contributed by atoms with Crippen molar-refractivity contribution < 1.29 is 33.3 Å². The van der Waals surface area contributed by atoms with E-state index in [0.717, 1.165) is 0 Å². The molecule has 146 valence electrons. The fourth-order valence-corrected chi connectivity index (χ4v) is 2.74. The molecule has 0 bridgehead atoms. The lowest BCUT2D eigenvalue weighted by Crippen LogP contribution is -2.09. The van der Waals surface area contributed by atoms with Crippen molar-refractivity contribution >= 4 is 16.9 Å². The molecule has 0 spiro atoms. The molecule has 0 saturated heterocycles. The zero-order valence-corrected chi connectivity index (χ0v) is 15.5. The summed E-state index contributed by atoms with van der Waals surface area (Å²) in [5.41, 5.74) is 0.555. The van der Waals surface area contributed by atoms with Gasteiger partial charge < -0.3 is 28.5 Å². The predicted octanol–water partition coefficient (Wildman–Crippen LogP) is 2.95. The van der Waals surface area contributed by atoms with Crippen molar-refractivity contribution in [1.82, 2.24) is 0 Å². The molecule has 3 rings (SSSR count). The molecular formula is C20H18O8. The van der Waals surface area contributed by atoms with E-state index in [1.807, 2.05) is 0 Å². The monoisotopic (exact) mass is 386 g/mol. The van der Waals surface area contributed by atoms with E-state index in [-0.39, 0.29) is 22.5 Å². The molecule has 1 aromatic heterocycles. The number of hydrogen-bond donors (Lipinski definition) is 1. The van der Waals surface area contributed by atoms with Crippen LogP contribution in [0.3, 0.4) is 0 Å². The number of carboxylic acid groups (broad SMARTS) is 1. The summed E-state index contributed by atoms with van der Waals surface area (Å²) in [6, 6.07) is 9.20. The van der Waals surface area contributed by atoms with E-state index >= 15 is 0 Å². The Bertz CT molecular complexity index is 1060. The van der Waals surface area contributed by atoms with Gasteiger partial charge in [-0.2, -0.15) is 0 Å². The van der Waals surface area contributed by atoms with Gasteiger partial charge in [-0.15, -0.1) is 0 Å². The number of rotatable bonds is 7. The molecule has 1 heterocycles. The summed E-state index contributed by atoms with van der Waals surface area (Å²) >= 11 is 0. The third-order valence-electron chi connectivity index (χ3n) is 4.01. The molecule has 8 nitrogen and oxygen atoms in total. The summed E-state index contributed by atoms with van der Waals surface area (Å²) in [6.07, 6.45) is 0. The van der Waals surface area contributed by atoms with Crippen LogP contribution in [-0.4, -0.2) is 39.0 Å². The standard InChI is InChI=1S/C20H18O8/c1-24-17-6-11(7-18(25-2)20(17)26-3)15-9-14(21)13-5-4-12(8-16(13)28-15)27-10-19(22)23/h4-9H,10H2,1-3H3,(H,22,23). The molecule has 0 aliphatic rings. The Balaban J connectivity index is 2.12. The highest BCUT2D eigenvalue weighted by Crippen LogP contribution is 2.41. The van der Waals surface area contributed by atoms with E-state index < -0.39 is 12.6 Å². The molecular weight excluding hydrogens is 368 g/mol. The first-order valence-electron chi connectivity index (χ1n) is 8.19. The van der Waals surface area contributed by atoms with Crippen LogP contribution in [0.2, 0.25) is 0 Å². The Morgan fingerprint density at radius 2 is 1.68 bits per heavy atom. The molecule has 2 aromatic carbocycles. The van der Waals surface area contributed by atoms with Crippen LogP contribution in [0.25, 0.3) is 22.3 Å². The molecule has 0 fully saturated rings. The van der Waals surface area contributed by atoms with Crippen molar-refractivity contribution in [3.63, 3.8) is 0 Å². The molecule has 0 aliphatic heterocycles. The third-order valence-corrected chi connectivity index (χ3v) is 4.01. The molecule has 1 N–H and O–H groups in total. The lowest BCUT2D eigenvalue weighted by atomic mass is 10.1. The highest BCUT2D eigenvalue weighted by atomic mass is 16.5. The van der Waals surface area contributed by atoms with Crippen molar-refractivity contribution in [2.75, 3.05) is 27.9 Å². The number of carbonyl (C=O) groups is 1. The number of carboxylic acids is 1. The van der Waals surface area contributed by atoms with Crippen LogP contribution < -0.4 is 24.4 Å². The van der Waals surface area contributed by atoms with Gasteiger partial charge in [-0.05, 0) is 24.3 Å². The zero-order valence-electron chi connectivity index (χ0n) is 15.5. The van der Waals surface area contributed by atoms with E-state index in [2.05, 4.69) is 0 Å². The van der Waals surface area contributed by atoms with Gasteiger partial charge in [-0.25, -0.2) is 4.79 Å². The molecule has 0 atom stereocenters. The lowest BCUT2D eigenvalue weighted by Gasteiger charge is -2.14. The molecule has 0 saturated carbocycles. The third kappa shape index (κ3) is 3.71. The minimum absolute atomic E-state index is 0.255. The topological polar surface area (TPSA) is 104 Å². The van der Waals surface area contributed by atoms with Gasteiger partial charge in [0, 0.05) is 17.7 Å². The number of hydrogen-bond acceptors (Lipinski definition) is 7. The van der Waals surface area contributed by atoms with Crippen LogP contribution in [0.5, 0.6) is 23.0 Å². The first-order chi connectivity index (χ1) is 13.5.